The predicted molar refractivity (Wildman–Crippen MR) is 135 cm³/mol. The van der Waals surface area contributed by atoms with Crippen LogP contribution >= 0.6 is 0 Å². The first kappa shape index (κ1) is 25.5. The molecule has 1 aliphatic rings. The van der Waals surface area contributed by atoms with E-state index in [2.05, 4.69) is 5.32 Å². The van der Waals surface area contributed by atoms with E-state index in [0.717, 1.165) is 27.1 Å². The van der Waals surface area contributed by atoms with Crippen LogP contribution in [0, 0.1) is 19.7 Å². The zero-order valence-electron chi connectivity index (χ0n) is 20.5. The van der Waals surface area contributed by atoms with Crippen LogP contribution in [0.5, 0.6) is 11.5 Å². The number of amides is 1. The average Bonchev–Trinajstić information content (AvgIpc) is 2.85. The van der Waals surface area contributed by atoms with E-state index in [1.165, 1.54) is 36.4 Å². The Labute approximate surface area is 210 Å². The fourth-order valence-corrected chi connectivity index (χ4v) is 5.67. The van der Waals surface area contributed by atoms with E-state index in [-0.39, 0.29) is 16.6 Å². The molecule has 3 aromatic carbocycles. The Hall–Kier alpha value is -3.59. The van der Waals surface area contributed by atoms with Gasteiger partial charge >= 0.3 is 0 Å². The first-order valence-electron chi connectivity index (χ1n) is 11.7. The van der Waals surface area contributed by atoms with E-state index < -0.39 is 28.3 Å². The van der Waals surface area contributed by atoms with Gasteiger partial charge in [0.25, 0.3) is 10.0 Å². The minimum Gasteiger partial charge on any atom is -0.486 e. The summed E-state index contributed by atoms with van der Waals surface area (Å²) in [7, 11) is -4.25. The molecule has 0 radical (unpaired) electrons. The second kappa shape index (κ2) is 10.6. The zero-order chi connectivity index (χ0) is 25.9. The molecule has 0 bridgehead atoms. The molecule has 3 aromatic rings. The molecule has 4 rings (SSSR count). The van der Waals surface area contributed by atoms with E-state index in [1.54, 1.807) is 0 Å². The fraction of sp³-hybridized carbons (Fsp3) is 0.296. The Kier molecular flexibility index (Phi) is 7.49. The molecule has 0 saturated heterocycles. The molecule has 1 aliphatic heterocycles. The van der Waals surface area contributed by atoms with Gasteiger partial charge in [-0.15, -0.1) is 0 Å². The summed E-state index contributed by atoms with van der Waals surface area (Å²) in [6.07, 6.45) is 0.616. The lowest BCUT2D eigenvalue weighted by atomic mass is 9.97. The minimum atomic E-state index is -4.25. The number of aryl methyl sites for hydroxylation is 2. The second-order valence-electron chi connectivity index (χ2n) is 8.69. The Morgan fingerprint density at radius 2 is 1.78 bits per heavy atom. The smallest absolute Gasteiger partial charge is 0.264 e. The Morgan fingerprint density at radius 3 is 2.47 bits per heavy atom. The number of carbonyl (C=O) groups excluding carboxylic acids is 1. The van der Waals surface area contributed by atoms with Gasteiger partial charge in [0.2, 0.25) is 5.91 Å². The number of ether oxygens (including phenoxy) is 2. The number of fused-ring (bicyclic) bond motifs is 1. The number of anilines is 1. The molecule has 0 saturated carbocycles. The van der Waals surface area contributed by atoms with Crippen LogP contribution in [0.1, 0.15) is 36.1 Å². The van der Waals surface area contributed by atoms with Gasteiger partial charge in [-0.3, -0.25) is 9.10 Å². The van der Waals surface area contributed by atoms with Crippen LogP contribution in [-0.2, 0) is 14.8 Å². The fourth-order valence-electron chi connectivity index (χ4n) is 4.24. The maximum atomic E-state index is 14.1. The minimum absolute atomic E-state index is 0.0413. The molecule has 1 amide bonds. The topological polar surface area (TPSA) is 84.9 Å². The Balaban J connectivity index is 1.65. The molecule has 7 nitrogen and oxygen atoms in total. The van der Waals surface area contributed by atoms with Crippen molar-refractivity contribution >= 4 is 21.6 Å². The second-order valence-corrected chi connectivity index (χ2v) is 10.5. The van der Waals surface area contributed by atoms with E-state index in [4.69, 9.17) is 9.47 Å². The maximum Gasteiger partial charge on any atom is 0.264 e. The molecule has 36 heavy (non-hydrogen) atoms. The summed E-state index contributed by atoms with van der Waals surface area (Å²) >= 11 is 0. The predicted octanol–water partition coefficient (Wildman–Crippen LogP) is 4.68. The van der Waals surface area contributed by atoms with Crippen molar-refractivity contribution in [2.75, 3.05) is 24.1 Å². The first-order valence-corrected chi connectivity index (χ1v) is 13.2. The number of carbonyl (C=O) groups is 1. The highest BCUT2D eigenvalue weighted by Crippen LogP contribution is 2.34. The average molecular weight is 513 g/mol. The van der Waals surface area contributed by atoms with E-state index in [9.17, 15) is 17.6 Å². The lowest BCUT2D eigenvalue weighted by molar-refractivity contribution is -0.120. The number of sulfonamides is 1. The van der Waals surface area contributed by atoms with Crippen molar-refractivity contribution in [3.05, 3.63) is 83.2 Å². The van der Waals surface area contributed by atoms with Crippen LogP contribution in [0.2, 0.25) is 0 Å². The number of hydrogen-bond acceptors (Lipinski definition) is 5. The lowest BCUT2D eigenvalue weighted by Crippen LogP contribution is -2.42. The van der Waals surface area contributed by atoms with Crippen molar-refractivity contribution < 1.29 is 27.1 Å². The molecular formula is C27H29FN2O5S. The van der Waals surface area contributed by atoms with Crippen LogP contribution in [-0.4, -0.2) is 34.1 Å². The maximum absolute atomic E-state index is 14.1. The third-order valence-electron chi connectivity index (χ3n) is 6.03. The SMILES string of the molecule is CCC(NC(=O)CN(c1cccc(F)c1)S(=O)(=O)c1ccc2c(c1)OCCO2)c1ccc(C)cc1C. The van der Waals surface area contributed by atoms with Crippen molar-refractivity contribution in [3.63, 3.8) is 0 Å². The van der Waals surface area contributed by atoms with Gasteiger partial charge in [-0.1, -0.05) is 36.8 Å². The van der Waals surface area contributed by atoms with Gasteiger partial charge in [0.1, 0.15) is 25.6 Å². The molecule has 0 fully saturated rings. The van der Waals surface area contributed by atoms with Crippen LogP contribution in [0.25, 0.3) is 0 Å². The largest absolute Gasteiger partial charge is 0.486 e. The number of hydrogen-bond donors (Lipinski definition) is 1. The molecule has 1 atom stereocenters. The number of halogens is 1. The first-order chi connectivity index (χ1) is 17.2. The van der Waals surface area contributed by atoms with Gasteiger partial charge in [-0.2, -0.15) is 0 Å². The van der Waals surface area contributed by atoms with Gasteiger partial charge in [0, 0.05) is 6.07 Å². The summed E-state index contributed by atoms with van der Waals surface area (Å²) in [5.74, 6) is -0.384. The van der Waals surface area contributed by atoms with E-state index in [1.807, 2.05) is 39.0 Å². The number of nitrogens with zero attached hydrogens (tertiary/aromatic N) is 1. The quantitative estimate of drug-likeness (QED) is 0.474. The Morgan fingerprint density at radius 1 is 1.03 bits per heavy atom. The Bertz CT molecular complexity index is 1380. The molecule has 190 valence electrons. The molecule has 0 aromatic heterocycles. The zero-order valence-corrected chi connectivity index (χ0v) is 21.3. The van der Waals surface area contributed by atoms with Crippen molar-refractivity contribution in [3.8, 4) is 11.5 Å². The van der Waals surface area contributed by atoms with Crippen LogP contribution in [0.3, 0.4) is 0 Å². The van der Waals surface area contributed by atoms with Gasteiger partial charge < -0.3 is 14.8 Å². The van der Waals surface area contributed by atoms with Gasteiger partial charge in [-0.25, -0.2) is 12.8 Å². The van der Waals surface area contributed by atoms with Gasteiger partial charge in [0.15, 0.2) is 11.5 Å². The van der Waals surface area contributed by atoms with Crippen molar-refractivity contribution in [2.45, 2.75) is 38.1 Å². The van der Waals surface area contributed by atoms with Crippen LogP contribution < -0.4 is 19.1 Å². The lowest BCUT2D eigenvalue weighted by Gasteiger charge is -2.27. The summed E-state index contributed by atoms with van der Waals surface area (Å²) in [5, 5.41) is 2.95. The van der Waals surface area contributed by atoms with E-state index >= 15 is 0 Å². The highest BCUT2D eigenvalue weighted by Gasteiger charge is 2.30. The summed E-state index contributed by atoms with van der Waals surface area (Å²) in [6, 6.07) is 15.1. The highest BCUT2D eigenvalue weighted by molar-refractivity contribution is 7.92. The number of rotatable bonds is 8. The van der Waals surface area contributed by atoms with Crippen molar-refractivity contribution in [1.29, 1.82) is 0 Å². The highest BCUT2D eigenvalue weighted by atomic mass is 32.2. The molecule has 0 spiro atoms. The molecule has 9 heteroatoms. The molecular weight excluding hydrogens is 483 g/mol. The van der Waals surface area contributed by atoms with Gasteiger partial charge in [-0.05, 0) is 61.7 Å². The third-order valence-corrected chi connectivity index (χ3v) is 7.80. The molecule has 1 heterocycles. The standard InChI is InChI=1S/C27H29FN2O5S/c1-4-24(23-10-8-18(2)14-19(23)3)29-27(31)17-30(21-7-5-6-20(28)15-21)36(32,33)22-9-11-25-26(16-22)35-13-12-34-25/h5-11,14-16,24H,4,12-13,17H2,1-3H3,(H,29,31). The number of benzene rings is 3. The number of nitrogens with one attached hydrogen (secondary N) is 1. The van der Waals surface area contributed by atoms with Crippen LogP contribution in [0.15, 0.2) is 65.6 Å². The van der Waals surface area contributed by atoms with Crippen molar-refractivity contribution in [1.82, 2.24) is 5.32 Å². The van der Waals surface area contributed by atoms with Crippen LogP contribution in [0.4, 0.5) is 10.1 Å². The van der Waals surface area contributed by atoms with Gasteiger partial charge in [0.05, 0.1) is 16.6 Å². The summed E-state index contributed by atoms with van der Waals surface area (Å²) < 4.78 is 53.4. The van der Waals surface area contributed by atoms with E-state index in [0.29, 0.717) is 31.1 Å². The summed E-state index contributed by atoms with van der Waals surface area (Å²) in [5.41, 5.74) is 3.15. The molecule has 1 unspecified atom stereocenters. The molecule has 1 N–H and O–H groups in total. The summed E-state index contributed by atoms with van der Waals surface area (Å²) in [6.45, 7) is 6.05. The summed E-state index contributed by atoms with van der Waals surface area (Å²) in [4.78, 5) is 13.1. The third kappa shape index (κ3) is 5.46. The van der Waals surface area contributed by atoms with Crippen molar-refractivity contribution in [2.24, 2.45) is 0 Å². The molecule has 0 aliphatic carbocycles. The normalized spacial score (nSPS) is 13.7. The monoisotopic (exact) mass is 512 g/mol.